The van der Waals surface area contributed by atoms with Gasteiger partial charge in [-0.25, -0.2) is 4.79 Å². The Hall–Kier alpha value is -2.38. The van der Waals surface area contributed by atoms with E-state index in [1.807, 2.05) is 35.2 Å². The number of carbonyl (C=O) groups excluding carboxylic acids is 1. The molecule has 3 aliphatic heterocycles. The molecule has 0 spiro atoms. The first-order valence-corrected chi connectivity index (χ1v) is 10.2. The van der Waals surface area contributed by atoms with Crippen molar-refractivity contribution in [1.82, 2.24) is 20.4 Å². The molecule has 2 aromatic rings. The fraction of sp³-hybridized carbons (Fsp3) is 0.524. The fourth-order valence-electron chi connectivity index (χ4n) is 4.58. The molecule has 7 heteroatoms. The van der Waals surface area contributed by atoms with Gasteiger partial charge in [-0.15, -0.1) is 0 Å². The van der Waals surface area contributed by atoms with Crippen molar-refractivity contribution in [2.24, 2.45) is 0 Å². The second kappa shape index (κ2) is 7.56. The number of nitrogens with one attached hydrogen (secondary N) is 1. The molecular formula is C21H26N4O3. The molecule has 3 saturated heterocycles. The molecule has 4 heterocycles. The topological polar surface area (TPSA) is 70.8 Å². The van der Waals surface area contributed by atoms with Crippen LogP contribution in [0.3, 0.4) is 0 Å². The van der Waals surface area contributed by atoms with Crippen molar-refractivity contribution in [1.29, 1.82) is 0 Å². The average Bonchev–Trinajstić information content (AvgIpc) is 3.33. The number of amides is 2. The van der Waals surface area contributed by atoms with E-state index in [2.05, 4.69) is 16.5 Å². The molecule has 5 rings (SSSR count). The van der Waals surface area contributed by atoms with Crippen molar-refractivity contribution in [2.75, 3.05) is 19.6 Å². The maximum absolute atomic E-state index is 13.0. The van der Waals surface area contributed by atoms with Crippen LogP contribution in [0, 0.1) is 0 Å². The van der Waals surface area contributed by atoms with Gasteiger partial charge in [-0.2, -0.15) is 5.06 Å². The average molecular weight is 382 g/mol. The standard InChI is InChI=1S/C21H26N4O3/c26-21-24-13-17(25(21)27-14-15-4-2-1-3-5-15)6-7-19(24)18-12-20(28-23-18)16-8-10-22-11-9-16/h1-5,12,16-17,19,22H,6-11,13-14H2/t17-,19+/m1/s1. The van der Waals surface area contributed by atoms with Crippen LogP contribution in [0.4, 0.5) is 4.79 Å². The predicted octanol–water partition coefficient (Wildman–Crippen LogP) is 3.21. The maximum atomic E-state index is 13.0. The summed E-state index contributed by atoms with van der Waals surface area (Å²) in [6.45, 7) is 3.13. The number of nitrogens with zero attached hydrogens (tertiary/aromatic N) is 3. The Morgan fingerprint density at radius 1 is 1.14 bits per heavy atom. The van der Waals surface area contributed by atoms with Gasteiger partial charge in [0.1, 0.15) is 18.1 Å². The summed E-state index contributed by atoms with van der Waals surface area (Å²) in [6.07, 6.45) is 3.95. The quantitative estimate of drug-likeness (QED) is 0.860. The van der Waals surface area contributed by atoms with Gasteiger partial charge in [0.15, 0.2) is 0 Å². The number of hydrogen-bond acceptors (Lipinski definition) is 5. The van der Waals surface area contributed by atoms with E-state index in [9.17, 15) is 4.79 Å². The normalized spacial score (nSPS) is 25.5. The summed E-state index contributed by atoms with van der Waals surface area (Å²) >= 11 is 0. The molecule has 1 N–H and O–H groups in total. The van der Waals surface area contributed by atoms with Crippen LogP contribution in [-0.2, 0) is 11.4 Å². The van der Waals surface area contributed by atoms with E-state index in [0.29, 0.717) is 19.1 Å². The van der Waals surface area contributed by atoms with Crippen LogP contribution in [0.2, 0.25) is 0 Å². The number of rotatable bonds is 5. The van der Waals surface area contributed by atoms with E-state index < -0.39 is 0 Å². The van der Waals surface area contributed by atoms with Gasteiger partial charge in [0.05, 0.1) is 12.1 Å². The monoisotopic (exact) mass is 382 g/mol. The molecule has 2 atom stereocenters. The molecule has 3 fully saturated rings. The lowest BCUT2D eigenvalue weighted by Gasteiger charge is -2.28. The van der Waals surface area contributed by atoms with Gasteiger partial charge in [0.2, 0.25) is 0 Å². The van der Waals surface area contributed by atoms with Gasteiger partial charge in [-0.3, -0.25) is 4.84 Å². The number of benzene rings is 1. The van der Waals surface area contributed by atoms with E-state index in [-0.39, 0.29) is 18.1 Å². The number of carbonyl (C=O) groups is 1. The summed E-state index contributed by atoms with van der Waals surface area (Å²) in [4.78, 5) is 20.7. The number of urea groups is 1. The number of hydrogen-bond donors (Lipinski definition) is 1. The zero-order valence-electron chi connectivity index (χ0n) is 15.9. The minimum absolute atomic E-state index is 0.0201. The first-order chi connectivity index (χ1) is 13.8. The second-order valence-corrected chi connectivity index (χ2v) is 7.95. The third-order valence-corrected chi connectivity index (χ3v) is 6.17. The minimum Gasteiger partial charge on any atom is -0.361 e. The molecule has 148 valence electrons. The van der Waals surface area contributed by atoms with Gasteiger partial charge >= 0.3 is 6.03 Å². The summed E-state index contributed by atoms with van der Waals surface area (Å²) in [5.74, 6) is 1.39. The highest BCUT2D eigenvalue weighted by Crippen LogP contribution is 2.39. The van der Waals surface area contributed by atoms with Gasteiger partial charge in [0.25, 0.3) is 0 Å². The van der Waals surface area contributed by atoms with Crippen molar-refractivity contribution in [2.45, 2.75) is 50.3 Å². The van der Waals surface area contributed by atoms with Gasteiger partial charge in [-0.1, -0.05) is 35.5 Å². The molecule has 1 aromatic heterocycles. The van der Waals surface area contributed by atoms with Crippen LogP contribution in [-0.4, -0.2) is 46.8 Å². The lowest BCUT2D eigenvalue weighted by Crippen LogP contribution is -2.34. The highest BCUT2D eigenvalue weighted by molar-refractivity contribution is 5.77. The van der Waals surface area contributed by atoms with Crippen LogP contribution in [0.25, 0.3) is 0 Å². The number of hydroxylamine groups is 2. The van der Waals surface area contributed by atoms with Gasteiger partial charge < -0.3 is 14.7 Å². The molecule has 3 aliphatic rings. The van der Waals surface area contributed by atoms with Crippen molar-refractivity contribution in [3.05, 3.63) is 53.4 Å². The number of aromatic nitrogens is 1. The highest BCUT2D eigenvalue weighted by Gasteiger charge is 2.47. The van der Waals surface area contributed by atoms with Crippen molar-refractivity contribution >= 4 is 6.03 Å². The molecule has 28 heavy (non-hydrogen) atoms. The molecule has 7 nitrogen and oxygen atoms in total. The smallest absolute Gasteiger partial charge is 0.344 e. The zero-order valence-corrected chi connectivity index (χ0v) is 15.9. The molecule has 0 unspecified atom stereocenters. The summed E-state index contributed by atoms with van der Waals surface area (Å²) in [5.41, 5.74) is 1.94. The number of piperidine rings is 2. The Kier molecular flexibility index (Phi) is 4.78. The summed E-state index contributed by atoms with van der Waals surface area (Å²) in [5, 5.41) is 9.28. The summed E-state index contributed by atoms with van der Waals surface area (Å²) in [7, 11) is 0. The third-order valence-electron chi connectivity index (χ3n) is 6.17. The fourth-order valence-corrected chi connectivity index (χ4v) is 4.58. The summed E-state index contributed by atoms with van der Waals surface area (Å²) < 4.78 is 5.67. The molecule has 0 radical (unpaired) electrons. The summed E-state index contributed by atoms with van der Waals surface area (Å²) in [6, 6.07) is 12.1. The predicted molar refractivity (Wildman–Crippen MR) is 102 cm³/mol. The Morgan fingerprint density at radius 3 is 2.79 bits per heavy atom. The number of fused-ring (bicyclic) bond motifs is 2. The molecule has 0 saturated carbocycles. The molecular weight excluding hydrogens is 356 g/mol. The Labute approximate surface area is 164 Å². The maximum Gasteiger partial charge on any atom is 0.344 e. The first-order valence-electron chi connectivity index (χ1n) is 10.2. The lowest BCUT2D eigenvalue weighted by atomic mass is 9.93. The molecule has 2 amide bonds. The van der Waals surface area contributed by atoms with Gasteiger partial charge in [0, 0.05) is 18.5 Å². The minimum atomic E-state index is -0.0603. The Morgan fingerprint density at radius 2 is 1.96 bits per heavy atom. The van der Waals surface area contributed by atoms with E-state index in [0.717, 1.165) is 55.8 Å². The van der Waals surface area contributed by atoms with Crippen LogP contribution >= 0.6 is 0 Å². The van der Waals surface area contributed by atoms with Crippen molar-refractivity contribution in [3.63, 3.8) is 0 Å². The molecule has 0 aliphatic carbocycles. The van der Waals surface area contributed by atoms with Crippen LogP contribution in [0.15, 0.2) is 40.9 Å². The molecule has 2 bridgehead atoms. The Bertz CT molecular complexity index is 818. The van der Waals surface area contributed by atoms with E-state index >= 15 is 0 Å². The third kappa shape index (κ3) is 3.29. The first kappa shape index (κ1) is 17.7. The van der Waals surface area contributed by atoms with Crippen LogP contribution in [0.5, 0.6) is 0 Å². The zero-order chi connectivity index (χ0) is 18.9. The second-order valence-electron chi connectivity index (χ2n) is 7.95. The van der Waals surface area contributed by atoms with Gasteiger partial charge in [-0.05, 0) is 44.3 Å². The van der Waals surface area contributed by atoms with E-state index in [4.69, 9.17) is 9.36 Å². The SMILES string of the molecule is O=C1N2C[C@@H](CC[C@H]2c2cc(C3CCNCC3)on2)N1OCc1ccccc1. The molecule has 1 aromatic carbocycles. The van der Waals surface area contributed by atoms with E-state index in [1.165, 1.54) is 0 Å². The highest BCUT2D eigenvalue weighted by atomic mass is 16.7. The largest absolute Gasteiger partial charge is 0.361 e. The van der Waals surface area contributed by atoms with Crippen LogP contribution < -0.4 is 5.32 Å². The van der Waals surface area contributed by atoms with Crippen molar-refractivity contribution < 1.29 is 14.2 Å². The van der Waals surface area contributed by atoms with E-state index in [1.54, 1.807) is 5.06 Å². The lowest BCUT2D eigenvalue weighted by molar-refractivity contribution is -0.140. The van der Waals surface area contributed by atoms with Crippen LogP contribution in [0.1, 0.15) is 54.7 Å². The van der Waals surface area contributed by atoms with Crippen molar-refractivity contribution in [3.8, 4) is 0 Å². The Balaban J connectivity index is 1.26.